The van der Waals surface area contributed by atoms with Gasteiger partial charge in [0.1, 0.15) is 5.88 Å². The highest BCUT2D eigenvalue weighted by Gasteiger charge is 2.32. The lowest BCUT2D eigenvalue weighted by Crippen LogP contribution is -2.53. The van der Waals surface area contributed by atoms with Crippen molar-refractivity contribution in [3.63, 3.8) is 0 Å². The lowest BCUT2D eigenvalue weighted by Gasteiger charge is -2.42. The standard InChI is InChI=1S/C12H23ClN2O/c1-4-15(12(16)9-13)11-8-6-5-7-10(11)14(2)3/h10-11H,4-9H2,1-3H3/t10-,11+/m1/s1. The van der Waals surface area contributed by atoms with Crippen molar-refractivity contribution in [3.8, 4) is 0 Å². The topological polar surface area (TPSA) is 23.6 Å². The van der Waals surface area contributed by atoms with Crippen LogP contribution < -0.4 is 0 Å². The minimum absolute atomic E-state index is 0.0721. The second-order valence-corrected chi connectivity index (χ2v) is 4.96. The molecule has 1 saturated carbocycles. The fourth-order valence-electron chi connectivity index (χ4n) is 2.73. The summed E-state index contributed by atoms with van der Waals surface area (Å²) in [6, 6.07) is 0.834. The van der Waals surface area contributed by atoms with Gasteiger partial charge in [0, 0.05) is 18.6 Å². The highest BCUT2D eigenvalue weighted by molar-refractivity contribution is 6.27. The van der Waals surface area contributed by atoms with E-state index in [0.29, 0.717) is 12.1 Å². The number of hydrogen-bond acceptors (Lipinski definition) is 2. The molecule has 1 aliphatic rings. The van der Waals surface area contributed by atoms with Crippen LogP contribution in [0.3, 0.4) is 0 Å². The predicted octanol–water partition coefficient (Wildman–Crippen LogP) is 1.95. The van der Waals surface area contributed by atoms with Gasteiger partial charge < -0.3 is 9.80 Å². The van der Waals surface area contributed by atoms with Crippen LogP contribution >= 0.6 is 11.6 Å². The maximum absolute atomic E-state index is 11.8. The zero-order valence-corrected chi connectivity index (χ0v) is 11.3. The van der Waals surface area contributed by atoms with Crippen molar-refractivity contribution >= 4 is 17.5 Å². The van der Waals surface area contributed by atoms with Gasteiger partial charge in [0.05, 0.1) is 0 Å². The van der Waals surface area contributed by atoms with Crippen LogP contribution in [-0.2, 0) is 4.79 Å². The summed E-state index contributed by atoms with van der Waals surface area (Å²) in [5, 5.41) is 0. The molecule has 0 aromatic rings. The smallest absolute Gasteiger partial charge is 0.237 e. The summed E-state index contributed by atoms with van der Waals surface area (Å²) >= 11 is 5.67. The molecule has 1 fully saturated rings. The van der Waals surface area contributed by atoms with Crippen molar-refractivity contribution in [2.24, 2.45) is 0 Å². The third kappa shape index (κ3) is 3.11. The average molecular weight is 247 g/mol. The number of likely N-dealkylation sites (N-methyl/N-ethyl adjacent to an activating group) is 2. The minimum Gasteiger partial charge on any atom is -0.337 e. The molecule has 0 bridgehead atoms. The number of carbonyl (C=O) groups is 1. The highest BCUT2D eigenvalue weighted by Crippen LogP contribution is 2.26. The Kier molecular flexibility index (Phi) is 5.56. The molecule has 1 rings (SSSR count). The van der Waals surface area contributed by atoms with Gasteiger partial charge in [0.15, 0.2) is 0 Å². The van der Waals surface area contributed by atoms with E-state index in [2.05, 4.69) is 19.0 Å². The molecular formula is C12H23ClN2O. The molecule has 0 aliphatic heterocycles. The monoisotopic (exact) mass is 246 g/mol. The molecule has 1 amide bonds. The van der Waals surface area contributed by atoms with Crippen LogP contribution in [0.2, 0.25) is 0 Å². The van der Waals surface area contributed by atoms with Crippen LogP contribution in [0.15, 0.2) is 0 Å². The summed E-state index contributed by atoms with van der Waals surface area (Å²) in [6.07, 6.45) is 4.79. The first-order valence-corrected chi connectivity index (χ1v) is 6.67. The van der Waals surface area contributed by atoms with E-state index in [4.69, 9.17) is 11.6 Å². The molecule has 0 aromatic heterocycles. The SMILES string of the molecule is CCN(C(=O)CCl)[C@H]1CCCC[C@H]1N(C)C. The molecule has 0 saturated heterocycles. The molecule has 0 radical (unpaired) electrons. The number of nitrogens with zero attached hydrogens (tertiary/aromatic N) is 2. The van der Waals surface area contributed by atoms with E-state index in [9.17, 15) is 4.79 Å². The summed E-state index contributed by atoms with van der Waals surface area (Å²) in [4.78, 5) is 16.0. The van der Waals surface area contributed by atoms with E-state index in [1.165, 1.54) is 19.3 Å². The van der Waals surface area contributed by atoms with Gasteiger partial charge in [-0.25, -0.2) is 0 Å². The molecule has 3 nitrogen and oxygen atoms in total. The van der Waals surface area contributed by atoms with Gasteiger partial charge in [0.2, 0.25) is 5.91 Å². The van der Waals surface area contributed by atoms with Crippen LogP contribution in [0.5, 0.6) is 0 Å². The van der Waals surface area contributed by atoms with Crippen LogP contribution in [0.25, 0.3) is 0 Å². The molecule has 0 heterocycles. The van der Waals surface area contributed by atoms with E-state index < -0.39 is 0 Å². The second-order valence-electron chi connectivity index (χ2n) is 4.70. The van der Waals surface area contributed by atoms with Crippen molar-refractivity contribution in [2.45, 2.75) is 44.7 Å². The number of halogens is 1. The Morgan fingerprint density at radius 1 is 1.25 bits per heavy atom. The fourth-order valence-corrected chi connectivity index (χ4v) is 2.88. The number of alkyl halides is 1. The predicted molar refractivity (Wildman–Crippen MR) is 67.8 cm³/mol. The third-order valence-electron chi connectivity index (χ3n) is 3.53. The summed E-state index contributed by atoms with van der Waals surface area (Å²) in [7, 11) is 4.20. The number of hydrogen-bond donors (Lipinski definition) is 0. The first-order valence-electron chi connectivity index (χ1n) is 6.13. The normalized spacial score (nSPS) is 25.8. The lowest BCUT2D eigenvalue weighted by molar-refractivity contribution is -0.132. The Hall–Kier alpha value is -0.280. The Bertz CT molecular complexity index is 233. The molecule has 94 valence electrons. The van der Waals surface area contributed by atoms with Gasteiger partial charge in [0.25, 0.3) is 0 Å². The molecule has 4 heteroatoms. The highest BCUT2D eigenvalue weighted by atomic mass is 35.5. The van der Waals surface area contributed by atoms with E-state index in [-0.39, 0.29) is 11.8 Å². The minimum atomic E-state index is 0.0721. The quantitative estimate of drug-likeness (QED) is 0.708. The van der Waals surface area contributed by atoms with Crippen LogP contribution in [0.4, 0.5) is 0 Å². The van der Waals surface area contributed by atoms with Crippen molar-refractivity contribution in [3.05, 3.63) is 0 Å². The van der Waals surface area contributed by atoms with E-state index in [0.717, 1.165) is 13.0 Å². The Morgan fingerprint density at radius 3 is 2.25 bits per heavy atom. The van der Waals surface area contributed by atoms with Crippen molar-refractivity contribution in [1.82, 2.24) is 9.80 Å². The number of amides is 1. The first-order chi connectivity index (χ1) is 7.61. The summed E-state index contributed by atoms with van der Waals surface area (Å²) in [5.41, 5.74) is 0. The van der Waals surface area contributed by atoms with E-state index >= 15 is 0 Å². The lowest BCUT2D eigenvalue weighted by atomic mass is 9.88. The Morgan fingerprint density at radius 2 is 1.81 bits per heavy atom. The van der Waals surface area contributed by atoms with Gasteiger partial charge in [-0.1, -0.05) is 12.8 Å². The van der Waals surface area contributed by atoms with Gasteiger partial charge in [-0.05, 0) is 33.9 Å². The third-order valence-corrected chi connectivity index (χ3v) is 3.76. The molecule has 0 spiro atoms. The van der Waals surface area contributed by atoms with Crippen LogP contribution in [0, 0.1) is 0 Å². The van der Waals surface area contributed by atoms with Crippen molar-refractivity contribution in [1.29, 1.82) is 0 Å². The maximum atomic E-state index is 11.8. The van der Waals surface area contributed by atoms with Gasteiger partial charge in [-0.2, -0.15) is 0 Å². The van der Waals surface area contributed by atoms with E-state index in [1.54, 1.807) is 0 Å². The molecule has 1 aliphatic carbocycles. The molecule has 2 atom stereocenters. The molecule has 16 heavy (non-hydrogen) atoms. The molecular weight excluding hydrogens is 224 g/mol. The Balaban J connectivity index is 2.75. The zero-order valence-electron chi connectivity index (χ0n) is 10.6. The fraction of sp³-hybridized carbons (Fsp3) is 0.917. The van der Waals surface area contributed by atoms with Gasteiger partial charge in [-0.3, -0.25) is 4.79 Å². The van der Waals surface area contributed by atoms with Crippen molar-refractivity contribution < 1.29 is 4.79 Å². The zero-order chi connectivity index (χ0) is 12.1. The Labute approximate surface area is 104 Å². The molecule has 0 aromatic carbocycles. The first kappa shape index (κ1) is 13.8. The summed E-state index contributed by atoms with van der Waals surface area (Å²) < 4.78 is 0. The van der Waals surface area contributed by atoms with E-state index in [1.807, 2.05) is 11.8 Å². The van der Waals surface area contributed by atoms with Crippen LogP contribution in [-0.4, -0.2) is 54.3 Å². The molecule has 0 N–H and O–H groups in total. The number of carbonyl (C=O) groups excluding carboxylic acids is 1. The molecule has 0 unspecified atom stereocenters. The average Bonchev–Trinajstić information content (AvgIpc) is 2.30. The van der Waals surface area contributed by atoms with Crippen molar-refractivity contribution in [2.75, 3.05) is 26.5 Å². The van der Waals surface area contributed by atoms with Gasteiger partial charge >= 0.3 is 0 Å². The summed E-state index contributed by atoms with van der Waals surface area (Å²) in [5.74, 6) is 0.174. The second kappa shape index (κ2) is 6.45. The summed E-state index contributed by atoms with van der Waals surface area (Å²) in [6.45, 7) is 2.80. The largest absolute Gasteiger partial charge is 0.337 e. The van der Waals surface area contributed by atoms with Crippen LogP contribution in [0.1, 0.15) is 32.6 Å². The maximum Gasteiger partial charge on any atom is 0.237 e. The van der Waals surface area contributed by atoms with Gasteiger partial charge in [-0.15, -0.1) is 11.6 Å². The number of rotatable bonds is 4.